The summed E-state index contributed by atoms with van der Waals surface area (Å²) in [6.45, 7) is 0.0425. The number of aromatic hydroxyl groups is 1. The van der Waals surface area contributed by atoms with Crippen LogP contribution in [-0.2, 0) is 0 Å². The van der Waals surface area contributed by atoms with Crippen molar-refractivity contribution in [1.29, 1.82) is 0 Å². The quantitative estimate of drug-likeness (QED) is 0.650. The molecule has 2 aliphatic heterocycles. The van der Waals surface area contributed by atoms with Crippen molar-refractivity contribution >= 4 is 22.5 Å². The molecule has 2 aromatic carbocycles. The zero-order valence-electron chi connectivity index (χ0n) is 12.1. The lowest BCUT2D eigenvalue weighted by Gasteiger charge is -2.11. The van der Waals surface area contributed by atoms with Crippen molar-refractivity contribution < 1.29 is 19.5 Å². The first kappa shape index (κ1) is 14.6. The summed E-state index contributed by atoms with van der Waals surface area (Å²) >= 11 is 1.29. The van der Waals surface area contributed by atoms with Gasteiger partial charge >= 0.3 is 0 Å². The maximum Gasteiger partial charge on any atom is 0.279 e. The van der Waals surface area contributed by atoms with E-state index in [1.807, 2.05) is 0 Å². The van der Waals surface area contributed by atoms with Crippen LogP contribution in [0.15, 0.2) is 41.5 Å². The van der Waals surface area contributed by atoms with E-state index in [1.54, 1.807) is 30.3 Å². The van der Waals surface area contributed by atoms with Crippen molar-refractivity contribution in [3.8, 4) is 17.2 Å². The third kappa shape index (κ3) is 2.38. The molecule has 0 spiro atoms. The number of nitrogens with one attached hydrogen (secondary N) is 1. The molecule has 0 aliphatic carbocycles. The minimum absolute atomic E-state index is 0.0425. The molecule has 0 saturated carbocycles. The zero-order chi connectivity index (χ0) is 16.7. The largest absolute Gasteiger partial charge is 0.507 e. The molecule has 0 bridgehead atoms. The Kier molecular flexibility index (Phi) is 3.42. The van der Waals surface area contributed by atoms with E-state index in [2.05, 4.69) is 10.5 Å². The third-order valence-corrected chi connectivity index (χ3v) is 4.78. The number of thioether (sulfide) groups is 1. The highest BCUT2D eigenvalue weighted by Gasteiger charge is 2.32. The van der Waals surface area contributed by atoms with Gasteiger partial charge in [0.05, 0.1) is 22.1 Å². The smallest absolute Gasteiger partial charge is 0.279 e. The summed E-state index contributed by atoms with van der Waals surface area (Å²) in [5.74, 6) is 0.927. The summed E-state index contributed by atoms with van der Waals surface area (Å²) in [5.41, 5.74) is 3.81. The second-order valence-electron chi connectivity index (χ2n) is 5.08. The Bertz CT molecular complexity index is 870. The van der Waals surface area contributed by atoms with Crippen molar-refractivity contribution in [2.45, 2.75) is 5.37 Å². The minimum atomic E-state index is -0.463. The normalized spacial score (nSPS) is 18.2. The molecule has 24 heavy (non-hydrogen) atoms. The molecular weight excluding hydrogens is 334 g/mol. The number of hydrogen-bond acceptors (Lipinski definition) is 8. The van der Waals surface area contributed by atoms with Crippen molar-refractivity contribution in [2.24, 2.45) is 5.10 Å². The molecule has 0 saturated heterocycles. The van der Waals surface area contributed by atoms with Crippen LogP contribution in [0.2, 0.25) is 0 Å². The molecule has 9 heteroatoms. The van der Waals surface area contributed by atoms with E-state index in [-0.39, 0.29) is 18.2 Å². The van der Waals surface area contributed by atoms with Gasteiger partial charge in [-0.3, -0.25) is 15.5 Å². The van der Waals surface area contributed by atoms with Gasteiger partial charge in [0.1, 0.15) is 16.2 Å². The van der Waals surface area contributed by atoms with Crippen LogP contribution >= 0.6 is 11.8 Å². The molecule has 4 rings (SSSR count). The molecule has 0 fully saturated rings. The van der Waals surface area contributed by atoms with E-state index in [1.165, 1.54) is 17.8 Å². The van der Waals surface area contributed by atoms with E-state index in [0.29, 0.717) is 27.7 Å². The number of nitrogens with zero attached hydrogens (tertiary/aromatic N) is 2. The molecule has 0 unspecified atom stereocenters. The number of para-hydroxylation sites is 1. The number of benzene rings is 2. The first-order valence-corrected chi connectivity index (χ1v) is 7.87. The van der Waals surface area contributed by atoms with Crippen molar-refractivity contribution in [1.82, 2.24) is 5.43 Å². The second kappa shape index (κ2) is 5.60. The number of nitro benzene ring substituents is 1. The zero-order valence-corrected chi connectivity index (χ0v) is 12.9. The molecule has 0 radical (unpaired) electrons. The van der Waals surface area contributed by atoms with Gasteiger partial charge in [-0.2, -0.15) is 5.10 Å². The number of hydrogen-bond donors (Lipinski definition) is 2. The van der Waals surface area contributed by atoms with Crippen LogP contribution in [0.5, 0.6) is 17.2 Å². The number of nitro groups is 1. The molecule has 2 heterocycles. The number of rotatable bonds is 3. The van der Waals surface area contributed by atoms with Crippen LogP contribution < -0.4 is 14.9 Å². The van der Waals surface area contributed by atoms with Crippen LogP contribution in [0.1, 0.15) is 16.5 Å². The number of ether oxygens (including phenoxy) is 2. The predicted molar refractivity (Wildman–Crippen MR) is 87.3 cm³/mol. The Morgan fingerprint density at radius 3 is 2.79 bits per heavy atom. The predicted octanol–water partition coefficient (Wildman–Crippen LogP) is 2.73. The number of phenolic OH excluding ortho intramolecular Hbond substituents is 1. The maximum atomic E-state index is 11.4. The Morgan fingerprint density at radius 1 is 1.29 bits per heavy atom. The molecule has 0 aromatic heterocycles. The molecule has 2 N–H and O–H groups in total. The van der Waals surface area contributed by atoms with E-state index >= 15 is 0 Å². The average Bonchev–Trinajstić information content (AvgIpc) is 3.22. The summed E-state index contributed by atoms with van der Waals surface area (Å²) in [6.07, 6.45) is 0. The lowest BCUT2D eigenvalue weighted by molar-refractivity contribution is -0.385. The van der Waals surface area contributed by atoms with Gasteiger partial charge in [-0.25, -0.2) is 0 Å². The van der Waals surface area contributed by atoms with E-state index in [0.717, 1.165) is 0 Å². The summed E-state index contributed by atoms with van der Waals surface area (Å²) in [6, 6.07) is 9.75. The Balaban J connectivity index is 1.67. The molecule has 1 atom stereocenters. The third-order valence-electron chi connectivity index (χ3n) is 3.65. The van der Waals surface area contributed by atoms with Crippen LogP contribution in [0.3, 0.4) is 0 Å². The minimum Gasteiger partial charge on any atom is -0.507 e. The molecule has 122 valence electrons. The van der Waals surface area contributed by atoms with E-state index in [9.17, 15) is 15.2 Å². The van der Waals surface area contributed by atoms with Gasteiger partial charge in [-0.1, -0.05) is 23.9 Å². The van der Waals surface area contributed by atoms with Crippen molar-refractivity contribution in [2.75, 3.05) is 6.79 Å². The van der Waals surface area contributed by atoms with Gasteiger partial charge in [0.25, 0.3) is 5.69 Å². The number of hydrazone groups is 1. The molecule has 8 nitrogen and oxygen atoms in total. The van der Waals surface area contributed by atoms with Gasteiger partial charge in [0.2, 0.25) is 6.79 Å². The highest BCUT2D eigenvalue weighted by atomic mass is 32.2. The monoisotopic (exact) mass is 345 g/mol. The summed E-state index contributed by atoms with van der Waals surface area (Å²) < 4.78 is 10.5. The average molecular weight is 345 g/mol. The summed E-state index contributed by atoms with van der Waals surface area (Å²) in [4.78, 5) is 10.9. The molecular formula is C15H11N3O5S. The first-order valence-electron chi connectivity index (χ1n) is 6.99. The van der Waals surface area contributed by atoms with Crippen LogP contribution in [0, 0.1) is 10.1 Å². The Labute approximate surface area is 140 Å². The maximum absolute atomic E-state index is 11.4. The number of fused-ring (bicyclic) bond motifs is 1. The van der Waals surface area contributed by atoms with Gasteiger partial charge in [0.15, 0.2) is 11.5 Å². The van der Waals surface area contributed by atoms with Crippen molar-refractivity contribution in [3.63, 3.8) is 0 Å². The second-order valence-corrected chi connectivity index (χ2v) is 6.18. The van der Waals surface area contributed by atoms with Gasteiger partial charge in [-0.15, -0.1) is 0 Å². The van der Waals surface area contributed by atoms with Crippen LogP contribution in [0.4, 0.5) is 5.69 Å². The van der Waals surface area contributed by atoms with Crippen LogP contribution in [0.25, 0.3) is 0 Å². The Morgan fingerprint density at radius 2 is 2.04 bits per heavy atom. The highest BCUT2D eigenvalue weighted by molar-refractivity contribution is 8.14. The lowest BCUT2D eigenvalue weighted by Crippen LogP contribution is -2.09. The molecule has 0 amide bonds. The number of phenols is 1. The topological polar surface area (TPSA) is 106 Å². The standard InChI is InChI=1S/C15H11N3O5S/c19-11-4-2-1-3-8(11)14-16-17-15(24-14)9-5-12-13(23-7-22-12)6-10(9)18(20)21/h1-6,15,17,19H,7H2/t15-/m0/s1. The SMILES string of the molecule is O=[N+]([O-])c1cc2c(cc1[C@H]1NN=C(c3ccccc3O)S1)OCO2. The Hall–Kier alpha value is -2.94. The summed E-state index contributed by atoms with van der Waals surface area (Å²) in [5, 5.41) is 25.6. The van der Waals surface area contributed by atoms with Gasteiger partial charge < -0.3 is 14.6 Å². The lowest BCUT2D eigenvalue weighted by atomic mass is 10.1. The summed E-state index contributed by atoms with van der Waals surface area (Å²) in [7, 11) is 0. The fourth-order valence-electron chi connectivity index (χ4n) is 2.51. The van der Waals surface area contributed by atoms with Crippen LogP contribution in [-0.4, -0.2) is 21.9 Å². The highest BCUT2D eigenvalue weighted by Crippen LogP contribution is 2.45. The van der Waals surface area contributed by atoms with Gasteiger partial charge in [0, 0.05) is 0 Å². The van der Waals surface area contributed by atoms with E-state index < -0.39 is 10.3 Å². The first-order chi connectivity index (χ1) is 11.6. The molecule has 2 aliphatic rings. The fourth-order valence-corrected chi connectivity index (χ4v) is 3.56. The fraction of sp³-hybridized carbons (Fsp3) is 0.133. The van der Waals surface area contributed by atoms with Gasteiger partial charge in [-0.05, 0) is 18.2 Å². The molecule has 2 aromatic rings. The van der Waals surface area contributed by atoms with E-state index in [4.69, 9.17) is 9.47 Å². The van der Waals surface area contributed by atoms with Crippen molar-refractivity contribution in [3.05, 3.63) is 57.6 Å².